The lowest BCUT2D eigenvalue weighted by molar-refractivity contribution is -0.117. The summed E-state index contributed by atoms with van der Waals surface area (Å²) in [5.41, 5.74) is 4.68. The van der Waals surface area contributed by atoms with Crippen LogP contribution < -0.4 is 5.32 Å². The molecule has 30 heavy (non-hydrogen) atoms. The van der Waals surface area contributed by atoms with Gasteiger partial charge < -0.3 is 5.32 Å². The van der Waals surface area contributed by atoms with E-state index in [-0.39, 0.29) is 11.9 Å². The van der Waals surface area contributed by atoms with Gasteiger partial charge in [0.1, 0.15) is 0 Å². The molecule has 1 fully saturated rings. The van der Waals surface area contributed by atoms with Crippen LogP contribution in [0.5, 0.6) is 0 Å². The van der Waals surface area contributed by atoms with Gasteiger partial charge in [0.25, 0.3) is 0 Å². The number of hydrogen-bond donors (Lipinski definition) is 1. The first-order valence-electron chi connectivity index (χ1n) is 10.6. The first-order valence-corrected chi connectivity index (χ1v) is 10.6. The molecule has 0 unspecified atom stereocenters. The fourth-order valence-electron chi connectivity index (χ4n) is 4.10. The van der Waals surface area contributed by atoms with Gasteiger partial charge in [-0.25, -0.2) is 0 Å². The van der Waals surface area contributed by atoms with E-state index in [1.807, 2.05) is 31.2 Å². The second kappa shape index (κ2) is 9.70. The summed E-state index contributed by atoms with van der Waals surface area (Å²) in [7, 11) is 0. The van der Waals surface area contributed by atoms with Gasteiger partial charge in [-0.2, -0.15) is 0 Å². The van der Waals surface area contributed by atoms with Crippen molar-refractivity contribution in [2.75, 3.05) is 38.0 Å². The Hall–Kier alpha value is -2.95. The molecule has 4 rings (SSSR count). The van der Waals surface area contributed by atoms with Crippen molar-refractivity contribution in [1.82, 2.24) is 9.80 Å². The number of hydrogen-bond acceptors (Lipinski definition) is 3. The largest absolute Gasteiger partial charge is 0.325 e. The first kappa shape index (κ1) is 20.3. The lowest BCUT2D eigenvalue weighted by Crippen LogP contribution is -2.49. The monoisotopic (exact) mass is 399 g/mol. The van der Waals surface area contributed by atoms with Gasteiger partial charge in [-0.05, 0) is 30.2 Å². The molecule has 1 saturated heterocycles. The number of anilines is 1. The van der Waals surface area contributed by atoms with Gasteiger partial charge in [0.15, 0.2) is 0 Å². The van der Waals surface area contributed by atoms with Gasteiger partial charge in [-0.3, -0.25) is 14.6 Å². The van der Waals surface area contributed by atoms with Gasteiger partial charge >= 0.3 is 0 Å². The molecule has 1 N–H and O–H groups in total. The van der Waals surface area contributed by atoms with Crippen molar-refractivity contribution in [2.45, 2.75) is 13.0 Å². The van der Waals surface area contributed by atoms with Gasteiger partial charge in [-0.1, -0.05) is 78.4 Å². The summed E-state index contributed by atoms with van der Waals surface area (Å²) in [6.45, 7) is 6.12. The Labute approximate surface area is 179 Å². The molecule has 1 amide bonds. The van der Waals surface area contributed by atoms with Gasteiger partial charge in [0.05, 0.1) is 12.6 Å². The van der Waals surface area contributed by atoms with E-state index in [0.717, 1.165) is 31.9 Å². The lowest BCUT2D eigenvalue weighted by Gasteiger charge is -2.39. The van der Waals surface area contributed by atoms with Crippen LogP contribution >= 0.6 is 0 Å². The molecule has 4 nitrogen and oxygen atoms in total. The van der Waals surface area contributed by atoms with E-state index in [4.69, 9.17) is 0 Å². The number of amides is 1. The Bertz CT molecular complexity index is 894. The topological polar surface area (TPSA) is 35.6 Å². The van der Waals surface area contributed by atoms with Crippen LogP contribution in [0.25, 0.3) is 0 Å². The zero-order chi connectivity index (χ0) is 20.8. The molecule has 1 aliphatic rings. The minimum absolute atomic E-state index is 0.0509. The molecular formula is C26H29N3O. The Balaban J connectivity index is 1.37. The molecule has 0 bridgehead atoms. The van der Waals surface area contributed by atoms with Crippen molar-refractivity contribution in [1.29, 1.82) is 0 Å². The second-order valence-electron chi connectivity index (χ2n) is 7.95. The number of piperazine rings is 1. The van der Waals surface area contributed by atoms with E-state index in [9.17, 15) is 4.79 Å². The highest BCUT2D eigenvalue weighted by molar-refractivity contribution is 5.92. The van der Waals surface area contributed by atoms with Crippen molar-refractivity contribution >= 4 is 11.6 Å². The van der Waals surface area contributed by atoms with Gasteiger partial charge in [0, 0.05) is 31.9 Å². The summed E-state index contributed by atoms with van der Waals surface area (Å²) in [6, 6.07) is 29.6. The Morgan fingerprint density at radius 1 is 0.800 bits per heavy atom. The predicted octanol–water partition coefficient (Wildman–Crippen LogP) is 4.34. The standard InChI is InChI=1S/C26H29N3O/c1-21-12-14-24(15-13-21)27-25(30)20-28-16-18-29(19-17-28)26(22-8-4-2-5-9-22)23-10-6-3-7-11-23/h2-15,26H,16-20H2,1H3,(H,27,30). The average molecular weight is 400 g/mol. The van der Waals surface area contributed by atoms with Crippen LogP contribution in [-0.4, -0.2) is 48.4 Å². The minimum atomic E-state index is 0.0509. The highest BCUT2D eigenvalue weighted by Crippen LogP contribution is 2.29. The van der Waals surface area contributed by atoms with Crippen LogP contribution in [0.1, 0.15) is 22.7 Å². The fourth-order valence-corrected chi connectivity index (χ4v) is 4.10. The van der Waals surface area contributed by atoms with E-state index in [0.29, 0.717) is 6.54 Å². The number of aryl methyl sites for hydroxylation is 1. The van der Waals surface area contributed by atoms with Crippen molar-refractivity contribution in [3.05, 3.63) is 102 Å². The van der Waals surface area contributed by atoms with Crippen molar-refractivity contribution in [3.8, 4) is 0 Å². The summed E-state index contributed by atoms with van der Waals surface area (Å²) in [6.07, 6.45) is 0. The number of carbonyl (C=O) groups is 1. The van der Waals surface area contributed by atoms with Crippen LogP contribution in [0, 0.1) is 6.92 Å². The molecular weight excluding hydrogens is 370 g/mol. The van der Waals surface area contributed by atoms with Crippen molar-refractivity contribution in [3.63, 3.8) is 0 Å². The van der Waals surface area contributed by atoms with Crippen LogP contribution in [-0.2, 0) is 4.79 Å². The van der Waals surface area contributed by atoms with Crippen LogP contribution in [0.3, 0.4) is 0 Å². The average Bonchev–Trinajstić information content (AvgIpc) is 2.78. The minimum Gasteiger partial charge on any atom is -0.325 e. The molecule has 0 spiro atoms. The third kappa shape index (κ3) is 5.15. The summed E-state index contributed by atoms with van der Waals surface area (Å²) in [5, 5.41) is 3.01. The summed E-state index contributed by atoms with van der Waals surface area (Å²) in [4.78, 5) is 17.2. The van der Waals surface area contributed by atoms with Crippen molar-refractivity contribution in [2.24, 2.45) is 0 Å². The van der Waals surface area contributed by atoms with E-state index in [1.54, 1.807) is 0 Å². The van der Waals surface area contributed by atoms with Gasteiger partial charge in [0.2, 0.25) is 5.91 Å². The molecule has 3 aromatic carbocycles. The normalized spacial score (nSPS) is 15.3. The Morgan fingerprint density at radius 3 is 1.87 bits per heavy atom. The quantitative estimate of drug-likeness (QED) is 0.670. The number of nitrogens with one attached hydrogen (secondary N) is 1. The smallest absolute Gasteiger partial charge is 0.238 e. The Morgan fingerprint density at radius 2 is 1.33 bits per heavy atom. The third-order valence-corrected chi connectivity index (χ3v) is 5.71. The van der Waals surface area contributed by atoms with E-state index in [1.165, 1.54) is 16.7 Å². The molecule has 1 heterocycles. The molecule has 0 aliphatic carbocycles. The molecule has 3 aromatic rings. The fraction of sp³-hybridized carbons (Fsp3) is 0.269. The zero-order valence-electron chi connectivity index (χ0n) is 17.5. The summed E-state index contributed by atoms with van der Waals surface area (Å²) in [5.74, 6) is 0.0509. The molecule has 0 atom stereocenters. The lowest BCUT2D eigenvalue weighted by atomic mass is 9.96. The SMILES string of the molecule is Cc1ccc(NC(=O)CN2CCN(C(c3ccccc3)c3ccccc3)CC2)cc1. The number of carbonyl (C=O) groups excluding carboxylic acids is 1. The molecule has 154 valence electrons. The molecule has 0 radical (unpaired) electrons. The second-order valence-corrected chi connectivity index (χ2v) is 7.95. The van der Waals surface area contributed by atoms with E-state index < -0.39 is 0 Å². The number of nitrogens with zero attached hydrogens (tertiary/aromatic N) is 2. The van der Waals surface area contributed by atoms with E-state index in [2.05, 4.69) is 75.8 Å². The zero-order valence-corrected chi connectivity index (χ0v) is 17.5. The maximum atomic E-state index is 12.5. The van der Waals surface area contributed by atoms with Crippen LogP contribution in [0.2, 0.25) is 0 Å². The predicted molar refractivity (Wildman–Crippen MR) is 123 cm³/mol. The third-order valence-electron chi connectivity index (χ3n) is 5.71. The molecule has 1 aliphatic heterocycles. The summed E-state index contributed by atoms with van der Waals surface area (Å²) >= 11 is 0. The summed E-state index contributed by atoms with van der Waals surface area (Å²) < 4.78 is 0. The van der Waals surface area contributed by atoms with Crippen LogP contribution in [0.15, 0.2) is 84.9 Å². The first-order chi connectivity index (χ1) is 14.7. The van der Waals surface area contributed by atoms with Gasteiger partial charge in [-0.15, -0.1) is 0 Å². The maximum absolute atomic E-state index is 12.5. The Kier molecular flexibility index (Phi) is 6.57. The molecule has 4 heteroatoms. The highest BCUT2D eigenvalue weighted by atomic mass is 16.2. The van der Waals surface area contributed by atoms with E-state index >= 15 is 0 Å². The maximum Gasteiger partial charge on any atom is 0.238 e. The van der Waals surface area contributed by atoms with Crippen LogP contribution in [0.4, 0.5) is 5.69 Å². The highest BCUT2D eigenvalue weighted by Gasteiger charge is 2.26. The molecule has 0 saturated carbocycles. The number of rotatable bonds is 6. The number of benzene rings is 3. The van der Waals surface area contributed by atoms with Crippen molar-refractivity contribution < 1.29 is 4.79 Å². The molecule has 0 aromatic heterocycles.